The van der Waals surface area contributed by atoms with Crippen LogP contribution in [0.2, 0.25) is 0 Å². The molecule has 3 aromatic rings. The second-order valence-corrected chi connectivity index (χ2v) is 7.34. The van der Waals surface area contributed by atoms with Crippen LogP contribution < -0.4 is 20.1 Å². The summed E-state index contributed by atoms with van der Waals surface area (Å²) in [7, 11) is 0. The molecule has 32 heavy (non-hydrogen) atoms. The summed E-state index contributed by atoms with van der Waals surface area (Å²) in [4.78, 5) is 20.4. The number of urea groups is 1. The minimum Gasteiger partial charge on any atom is -0.490 e. The molecule has 2 aromatic heterocycles. The predicted molar refractivity (Wildman–Crippen MR) is 107 cm³/mol. The Morgan fingerprint density at radius 2 is 2.03 bits per heavy atom. The molecule has 10 heteroatoms. The molecule has 2 N–H and O–H groups in total. The maximum absolute atomic E-state index is 14.2. The summed E-state index contributed by atoms with van der Waals surface area (Å²) < 4.78 is 39.1. The van der Waals surface area contributed by atoms with Crippen molar-refractivity contribution in [2.75, 3.05) is 11.9 Å². The van der Waals surface area contributed by atoms with E-state index in [1.54, 1.807) is 18.2 Å². The standard InChI is InChI=1S/C22H15F2N5O3/c23-13-4-5-14(24)21-19(13)18-12(10-31-21)20(18)29-22(30)28-17-6-3-11(9-27-17)32-16-2-1-7-26-15(16)8-25/h1-7,9,12,18,20H,10H2,(H2,27,28,29,30). The van der Waals surface area contributed by atoms with Gasteiger partial charge >= 0.3 is 6.03 Å². The molecule has 3 heterocycles. The maximum Gasteiger partial charge on any atom is 0.320 e. The molecular formula is C22H15F2N5O3. The molecule has 0 saturated heterocycles. The molecule has 0 radical (unpaired) electrons. The normalized spacial score (nSPS) is 20.1. The number of amides is 2. The fourth-order valence-electron chi connectivity index (χ4n) is 3.86. The molecule has 0 bridgehead atoms. The number of aromatic nitrogens is 2. The Bertz CT molecular complexity index is 1250. The molecule has 1 saturated carbocycles. The summed E-state index contributed by atoms with van der Waals surface area (Å²) >= 11 is 0. The highest BCUT2D eigenvalue weighted by atomic mass is 19.1. The summed E-state index contributed by atoms with van der Waals surface area (Å²) in [6.07, 6.45) is 2.88. The van der Waals surface area contributed by atoms with Crippen molar-refractivity contribution in [2.24, 2.45) is 5.92 Å². The van der Waals surface area contributed by atoms with E-state index in [1.807, 2.05) is 6.07 Å². The van der Waals surface area contributed by atoms with Crippen molar-refractivity contribution >= 4 is 11.8 Å². The van der Waals surface area contributed by atoms with Gasteiger partial charge in [0.15, 0.2) is 23.0 Å². The Labute approximate surface area is 180 Å². The van der Waals surface area contributed by atoms with E-state index in [4.69, 9.17) is 14.7 Å². The quantitative estimate of drug-likeness (QED) is 0.647. The number of ether oxygens (including phenoxy) is 2. The van der Waals surface area contributed by atoms with Crippen LogP contribution in [-0.2, 0) is 0 Å². The molecule has 8 nitrogen and oxygen atoms in total. The number of anilines is 1. The second-order valence-electron chi connectivity index (χ2n) is 7.34. The smallest absolute Gasteiger partial charge is 0.320 e. The van der Waals surface area contributed by atoms with Crippen molar-refractivity contribution in [3.8, 4) is 23.3 Å². The molecule has 1 aromatic carbocycles. The Balaban J connectivity index is 1.21. The Hall–Kier alpha value is -4.26. The number of hydrogen-bond acceptors (Lipinski definition) is 6. The van der Waals surface area contributed by atoms with Gasteiger partial charge in [-0.2, -0.15) is 5.26 Å². The summed E-state index contributed by atoms with van der Waals surface area (Å²) in [5, 5.41) is 14.4. The minimum absolute atomic E-state index is 0.0821. The van der Waals surface area contributed by atoms with Crippen LogP contribution in [0.15, 0.2) is 48.8 Å². The Morgan fingerprint density at radius 3 is 2.81 bits per heavy atom. The summed E-state index contributed by atoms with van der Waals surface area (Å²) in [5.41, 5.74) is 0.306. The number of nitriles is 1. The molecule has 2 aliphatic rings. The SMILES string of the molecule is N#Cc1ncccc1Oc1ccc(NC(=O)NC2C3COc4c(F)ccc(F)c4C32)nc1. The first-order valence-corrected chi connectivity index (χ1v) is 9.72. The third-order valence-corrected chi connectivity index (χ3v) is 5.40. The Morgan fingerprint density at radius 1 is 1.19 bits per heavy atom. The number of rotatable bonds is 4. The van der Waals surface area contributed by atoms with E-state index < -0.39 is 17.7 Å². The maximum atomic E-state index is 14.2. The first-order valence-electron chi connectivity index (χ1n) is 9.72. The van der Waals surface area contributed by atoms with Gasteiger partial charge < -0.3 is 14.8 Å². The fraction of sp³-hybridized carbons (Fsp3) is 0.182. The van der Waals surface area contributed by atoms with E-state index in [2.05, 4.69) is 20.6 Å². The molecule has 0 spiro atoms. The van der Waals surface area contributed by atoms with E-state index in [1.165, 1.54) is 18.5 Å². The van der Waals surface area contributed by atoms with Crippen LogP contribution in [0.4, 0.5) is 19.4 Å². The third kappa shape index (κ3) is 3.54. The first kappa shape index (κ1) is 19.7. The van der Waals surface area contributed by atoms with E-state index >= 15 is 0 Å². The van der Waals surface area contributed by atoms with Gasteiger partial charge in [-0.1, -0.05) is 0 Å². The second kappa shape index (κ2) is 7.77. The lowest BCUT2D eigenvalue weighted by Crippen LogP contribution is -2.32. The highest BCUT2D eigenvalue weighted by molar-refractivity contribution is 5.89. The van der Waals surface area contributed by atoms with Gasteiger partial charge in [-0.25, -0.2) is 23.5 Å². The number of nitrogens with one attached hydrogen (secondary N) is 2. The fourth-order valence-corrected chi connectivity index (χ4v) is 3.86. The lowest BCUT2D eigenvalue weighted by Gasteiger charge is -2.16. The Kier molecular flexibility index (Phi) is 4.78. The first-order chi connectivity index (χ1) is 15.5. The van der Waals surface area contributed by atoms with Crippen molar-refractivity contribution < 1.29 is 23.0 Å². The van der Waals surface area contributed by atoms with Gasteiger partial charge in [-0.15, -0.1) is 0 Å². The zero-order chi connectivity index (χ0) is 22.2. The van der Waals surface area contributed by atoms with Crippen molar-refractivity contribution in [3.63, 3.8) is 0 Å². The molecule has 1 aliphatic carbocycles. The summed E-state index contributed by atoms with van der Waals surface area (Å²) in [6.45, 7) is 0.201. The van der Waals surface area contributed by atoms with Crippen LogP contribution >= 0.6 is 0 Å². The van der Waals surface area contributed by atoms with Crippen molar-refractivity contribution in [1.82, 2.24) is 15.3 Å². The van der Waals surface area contributed by atoms with Crippen LogP contribution in [0.1, 0.15) is 17.2 Å². The predicted octanol–water partition coefficient (Wildman–Crippen LogP) is 3.71. The van der Waals surface area contributed by atoms with Crippen LogP contribution in [-0.4, -0.2) is 28.6 Å². The molecule has 2 amide bonds. The summed E-state index contributed by atoms with van der Waals surface area (Å²) in [5.74, 6) is -0.793. The van der Waals surface area contributed by atoms with Crippen molar-refractivity contribution in [3.05, 3.63) is 71.7 Å². The van der Waals surface area contributed by atoms with Crippen molar-refractivity contribution in [1.29, 1.82) is 5.26 Å². The van der Waals surface area contributed by atoms with Gasteiger partial charge in [0, 0.05) is 29.6 Å². The van der Waals surface area contributed by atoms with Gasteiger partial charge in [0.2, 0.25) is 0 Å². The number of nitrogens with zero attached hydrogens (tertiary/aromatic N) is 3. The van der Waals surface area contributed by atoms with E-state index in [0.717, 1.165) is 12.1 Å². The van der Waals surface area contributed by atoms with Gasteiger partial charge in [0.25, 0.3) is 0 Å². The molecule has 3 unspecified atom stereocenters. The molecule has 160 valence electrons. The lowest BCUT2D eigenvalue weighted by atomic mass is 10.0. The van der Waals surface area contributed by atoms with Gasteiger partial charge in [0.05, 0.1) is 12.8 Å². The van der Waals surface area contributed by atoms with E-state index in [-0.39, 0.29) is 53.1 Å². The largest absolute Gasteiger partial charge is 0.490 e. The van der Waals surface area contributed by atoms with Crippen LogP contribution in [0.5, 0.6) is 17.2 Å². The van der Waals surface area contributed by atoms with Gasteiger partial charge in [-0.3, -0.25) is 5.32 Å². The van der Waals surface area contributed by atoms with Crippen LogP contribution in [0.3, 0.4) is 0 Å². The molecular weight excluding hydrogens is 420 g/mol. The number of carbonyl (C=O) groups excluding carboxylic acids is 1. The number of pyridine rings is 2. The van der Waals surface area contributed by atoms with E-state index in [0.29, 0.717) is 5.75 Å². The highest BCUT2D eigenvalue weighted by Gasteiger charge is 2.57. The van der Waals surface area contributed by atoms with Gasteiger partial charge in [0.1, 0.15) is 23.5 Å². The zero-order valence-corrected chi connectivity index (χ0v) is 16.4. The lowest BCUT2D eigenvalue weighted by molar-refractivity contribution is 0.247. The third-order valence-electron chi connectivity index (χ3n) is 5.40. The zero-order valence-electron chi connectivity index (χ0n) is 16.4. The average molecular weight is 435 g/mol. The number of halogens is 2. The molecule has 1 fully saturated rings. The van der Waals surface area contributed by atoms with Crippen molar-refractivity contribution in [2.45, 2.75) is 12.0 Å². The van der Waals surface area contributed by atoms with E-state index in [9.17, 15) is 13.6 Å². The highest BCUT2D eigenvalue weighted by Crippen LogP contribution is 2.55. The summed E-state index contributed by atoms with van der Waals surface area (Å²) in [6, 6.07) is 9.49. The minimum atomic E-state index is -0.616. The number of benzene rings is 1. The van der Waals surface area contributed by atoms with Crippen LogP contribution in [0.25, 0.3) is 0 Å². The topological polar surface area (TPSA) is 109 Å². The number of carbonyl (C=O) groups is 1. The van der Waals surface area contributed by atoms with Gasteiger partial charge in [-0.05, 0) is 36.4 Å². The number of hydrogen-bond donors (Lipinski definition) is 2. The van der Waals surface area contributed by atoms with Crippen LogP contribution in [0, 0.1) is 28.9 Å². The molecule has 5 rings (SSSR count). The molecule has 3 atom stereocenters. The monoisotopic (exact) mass is 435 g/mol. The molecule has 1 aliphatic heterocycles. The average Bonchev–Trinajstić information content (AvgIpc) is 3.50. The number of fused-ring (bicyclic) bond motifs is 3.